The Labute approximate surface area is 109 Å². The van der Waals surface area contributed by atoms with Crippen LogP contribution in [0.5, 0.6) is 0 Å². The molecule has 2 rings (SSSR count). The Bertz CT molecular complexity index is 620. The largest absolute Gasteiger partial charge is 0.396 e. The molecule has 0 spiro atoms. The number of nitrogens with one attached hydrogen (secondary N) is 3. The minimum atomic E-state index is -0.394. The van der Waals surface area contributed by atoms with Crippen molar-refractivity contribution >= 4 is 28.9 Å². The van der Waals surface area contributed by atoms with Crippen LogP contribution in [0.3, 0.4) is 0 Å². The standard InChI is InChI=1S/C12H13N5O2/c1-7(18)15-8-3-2-4-9(5-8)16-12(19)11-10(13)6-14-17-11/h2-6H,13H2,1H3,(H,14,17)(H,15,18)(H,16,19). The summed E-state index contributed by atoms with van der Waals surface area (Å²) in [7, 11) is 0. The first-order chi connectivity index (χ1) is 9.06. The number of rotatable bonds is 3. The molecule has 0 aliphatic carbocycles. The van der Waals surface area contributed by atoms with E-state index in [1.165, 1.54) is 13.1 Å². The van der Waals surface area contributed by atoms with E-state index in [1.54, 1.807) is 24.3 Å². The Kier molecular flexibility index (Phi) is 3.46. The second-order valence-electron chi connectivity index (χ2n) is 3.92. The zero-order chi connectivity index (χ0) is 13.8. The van der Waals surface area contributed by atoms with Crippen molar-refractivity contribution in [1.82, 2.24) is 10.2 Å². The predicted octanol–water partition coefficient (Wildman–Crippen LogP) is 1.20. The fourth-order valence-electron chi connectivity index (χ4n) is 1.55. The van der Waals surface area contributed by atoms with E-state index in [0.29, 0.717) is 11.4 Å². The fraction of sp³-hybridized carbons (Fsp3) is 0.0833. The second-order valence-corrected chi connectivity index (χ2v) is 3.92. The van der Waals surface area contributed by atoms with Gasteiger partial charge in [0.2, 0.25) is 5.91 Å². The number of benzene rings is 1. The molecule has 7 heteroatoms. The molecule has 0 aliphatic heterocycles. The van der Waals surface area contributed by atoms with Crippen LogP contribution < -0.4 is 16.4 Å². The summed E-state index contributed by atoms with van der Waals surface area (Å²) in [6, 6.07) is 6.79. The van der Waals surface area contributed by atoms with Crippen molar-refractivity contribution in [3.63, 3.8) is 0 Å². The molecule has 2 aromatic rings. The lowest BCUT2D eigenvalue weighted by Crippen LogP contribution is -2.14. The maximum absolute atomic E-state index is 11.9. The lowest BCUT2D eigenvalue weighted by molar-refractivity contribution is -0.114. The van der Waals surface area contributed by atoms with Crippen molar-refractivity contribution in [2.45, 2.75) is 6.92 Å². The molecular formula is C12H13N5O2. The topological polar surface area (TPSA) is 113 Å². The van der Waals surface area contributed by atoms with Gasteiger partial charge in [-0.2, -0.15) is 5.10 Å². The molecule has 0 saturated carbocycles. The molecule has 1 aromatic heterocycles. The summed E-state index contributed by atoms with van der Waals surface area (Å²) in [6.07, 6.45) is 1.36. The first kappa shape index (κ1) is 12.6. The van der Waals surface area contributed by atoms with E-state index in [4.69, 9.17) is 5.73 Å². The lowest BCUT2D eigenvalue weighted by Gasteiger charge is -2.07. The summed E-state index contributed by atoms with van der Waals surface area (Å²) in [5, 5.41) is 11.5. The highest BCUT2D eigenvalue weighted by Crippen LogP contribution is 2.16. The maximum atomic E-state index is 11.9. The number of hydrogen-bond donors (Lipinski definition) is 4. The Hall–Kier alpha value is -2.83. The normalized spacial score (nSPS) is 9.95. The zero-order valence-electron chi connectivity index (χ0n) is 10.2. The van der Waals surface area contributed by atoms with Crippen LogP contribution in [0.1, 0.15) is 17.4 Å². The average Bonchev–Trinajstić information content (AvgIpc) is 2.75. The van der Waals surface area contributed by atoms with Gasteiger partial charge >= 0.3 is 0 Å². The smallest absolute Gasteiger partial charge is 0.275 e. The van der Waals surface area contributed by atoms with Crippen molar-refractivity contribution in [1.29, 1.82) is 0 Å². The average molecular weight is 259 g/mol. The summed E-state index contributed by atoms with van der Waals surface area (Å²) in [4.78, 5) is 22.8. The minimum absolute atomic E-state index is 0.179. The van der Waals surface area contributed by atoms with Crippen LogP contribution in [0.15, 0.2) is 30.5 Å². The Morgan fingerprint density at radius 3 is 2.53 bits per heavy atom. The monoisotopic (exact) mass is 259 g/mol. The molecule has 1 heterocycles. The summed E-state index contributed by atoms with van der Waals surface area (Å²) >= 11 is 0. The molecule has 0 fully saturated rings. The van der Waals surface area contributed by atoms with Crippen LogP contribution in [0.2, 0.25) is 0 Å². The van der Waals surface area contributed by atoms with Gasteiger partial charge in [-0.05, 0) is 18.2 Å². The van der Waals surface area contributed by atoms with Gasteiger partial charge in [-0.25, -0.2) is 0 Å². The van der Waals surface area contributed by atoms with Crippen LogP contribution in [0.25, 0.3) is 0 Å². The molecule has 19 heavy (non-hydrogen) atoms. The van der Waals surface area contributed by atoms with Crippen LogP contribution >= 0.6 is 0 Å². The van der Waals surface area contributed by atoms with Crippen LogP contribution in [-0.2, 0) is 4.79 Å². The fourth-order valence-corrected chi connectivity index (χ4v) is 1.55. The number of nitrogens with two attached hydrogens (primary N) is 1. The maximum Gasteiger partial charge on any atom is 0.275 e. The van der Waals surface area contributed by atoms with Gasteiger partial charge < -0.3 is 16.4 Å². The molecule has 0 bridgehead atoms. The second kappa shape index (κ2) is 5.21. The number of amides is 2. The van der Waals surface area contributed by atoms with Crippen LogP contribution in [-0.4, -0.2) is 22.0 Å². The van der Waals surface area contributed by atoms with Gasteiger partial charge in [-0.15, -0.1) is 0 Å². The van der Waals surface area contributed by atoms with Crippen molar-refractivity contribution in [2.24, 2.45) is 0 Å². The SMILES string of the molecule is CC(=O)Nc1cccc(NC(=O)c2[nH]ncc2N)c1. The molecule has 0 atom stereocenters. The highest BCUT2D eigenvalue weighted by Gasteiger charge is 2.11. The molecule has 0 saturated heterocycles. The Morgan fingerprint density at radius 1 is 1.26 bits per heavy atom. The molecule has 2 amide bonds. The van der Waals surface area contributed by atoms with Gasteiger partial charge in [0.25, 0.3) is 5.91 Å². The molecule has 98 valence electrons. The third kappa shape index (κ3) is 3.09. The van der Waals surface area contributed by atoms with E-state index in [-0.39, 0.29) is 17.3 Å². The number of hydrogen-bond acceptors (Lipinski definition) is 4. The van der Waals surface area contributed by atoms with E-state index in [1.807, 2.05) is 0 Å². The van der Waals surface area contributed by atoms with E-state index in [0.717, 1.165) is 0 Å². The Morgan fingerprint density at radius 2 is 1.95 bits per heavy atom. The van der Waals surface area contributed by atoms with Crippen LogP contribution in [0, 0.1) is 0 Å². The molecule has 7 nitrogen and oxygen atoms in total. The third-order valence-corrected chi connectivity index (χ3v) is 2.34. The summed E-state index contributed by atoms with van der Waals surface area (Å²) in [5.74, 6) is -0.573. The first-order valence-electron chi connectivity index (χ1n) is 5.54. The van der Waals surface area contributed by atoms with Crippen molar-refractivity contribution in [2.75, 3.05) is 16.4 Å². The number of carbonyl (C=O) groups is 2. The van der Waals surface area contributed by atoms with Gasteiger partial charge in [0, 0.05) is 18.3 Å². The highest BCUT2D eigenvalue weighted by molar-refractivity contribution is 6.06. The number of aromatic amines is 1. The zero-order valence-corrected chi connectivity index (χ0v) is 10.2. The van der Waals surface area contributed by atoms with Crippen molar-refractivity contribution in [3.8, 4) is 0 Å². The first-order valence-corrected chi connectivity index (χ1v) is 5.54. The third-order valence-electron chi connectivity index (χ3n) is 2.34. The summed E-state index contributed by atoms with van der Waals surface area (Å²) in [5.41, 5.74) is 7.20. The van der Waals surface area contributed by atoms with Crippen molar-refractivity contribution < 1.29 is 9.59 Å². The number of carbonyl (C=O) groups excluding carboxylic acids is 2. The number of nitrogen functional groups attached to an aromatic ring is 1. The van der Waals surface area contributed by atoms with Gasteiger partial charge in [0.1, 0.15) is 5.69 Å². The predicted molar refractivity (Wildman–Crippen MR) is 71.7 cm³/mol. The number of aromatic nitrogens is 2. The van der Waals surface area contributed by atoms with E-state index in [9.17, 15) is 9.59 Å². The lowest BCUT2D eigenvalue weighted by atomic mass is 10.2. The summed E-state index contributed by atoms with van der Waals surface area (Å²) < 4.78 is 0. The Balaban J connectivity index is 2.13. The van der Waals surface area contributed by atoms with Crippen LogP contribution in [0.4, 0.5) is 17.1 Å². The highest BCUT2D eigenvalue weighted by atomic mass is 16.2. The van der Waals surface area contributed by atoms with Gasteiger partial charge in [-0.1, -0.05) is 6.07 Å². The number of H-pyrrole nitrogens is 1. The summed E-state index contributed by atoms with van der Waals surface area (Å²) in [6.45, 7) is 1.41. The van der Waals surface area contributed by atoms with Gasteiger partial charge in [0.15, 0.2) is 0 Å². The van der Waals surface area contributed by atoms with Gasteiger partial charge in [0.05, 0.1) is 11.9 Å². The van der Waals surface area contributed by atoms with Crippen molar-refractivity contribution in [3.05, 3.63) is 36.2 Å². The molecule has 0 unspecified atom stereocenters. The molecule has 1 aromatic carbocycles. The van der Waals surface area contributed by atoms with E-state index in [2.05, 4.69) is 20.8 Å². The molecule has 0 aliphatic rings. The van der Waals surface area contributed by atoms with E-state index < -0.39 is 5.91 Å². The molecular weight excluding hydrogens is 246 g/mol. The number of nitrogens with zero attached hydrogens (tertiary/aromatic N) is 1. The van der Waals surface area contributed by atoms with E-state index >= 15 is 0 Å². The quantitative estimate of drug-likeness (QED) is 0.663. The number of anilines is 3. The molecule has 5 N–H and O–H groups in total. The minimum Gasteiger partial charge on any atom is -0.396 e. The molecule has 0 radical (unpaired) electrons. The van der Waals surface area contributed by atoms with Gasteiger partial charge in [-0.3, -0.25) is 14.7 Å².